The van der Waals surface area contributed by atoms with Crippen LogP contribution in [-0.2, 0) is 0 Å². The van der Waals surface area contributed by atoms with Crippen LogP contribution in [0.15, 0.2) is 59.6 Å². The molecule has 1 nitrogen and oxygen atoms in total. The summed E-state index contributed by atoms with van der Waals surface area (Å²) >= 11 is 0. The fourth-order valence-corrected chi connectivity index (χ4v) is 2.04. The Morgan fingerprint density at radius 2 is 1.65 bits per heavy atom. The first-order chi connectivity index (χ1) is 12.5. The Bertz CT molecular complexity index is 873. The van der Waals surface area contributed by atoms with Gasteiger partial charge in [-0.2, -0.15) is 13.2 Å². The van der Waals surface area contributed by atoms with Crippen LogP contribution in [0.25, 0.3) is 0 Å². The Labute approximate surface area is 152 Å². The number of unbranched alkanes of at least 4 members (excludes halogenated alkanes) is 2. The summed E-state index contributed by atoms with van der Waals surface area (Å²) in [5.41, 5.74) is -0.000645. The van der Waals surface area contributed by atoms with Crippen LogP contribution in [0.4, 0.5) is 18.9 Å². The van der Waals surface area contributed by atoms with Crippen molar-refractivity contribution >= 4 is 11.4 Å². The van der Waals surface area contributed by atoms with Crippen molar-refractivity contribution in [2.45, 2.75) is 32.4 Å². The summed E-state index contributed by atoms with van der Waals surface area (Å²) in [5, 5.41) is 0. The molecule has 0 atom stereocenters. The van der Waals surface area contributed by atoms with E-state index in [0.29, 0.717) is 17.5 Å². The fraction of sp³-hybridized carbons (Fsp3) is 0.227. The van der Waals surface area contributed by atoms with Gasteiger partial charge in [-0.25, -0.2) is 4.99 Å². The van der Waals surface area contributed by atoms with Gasteiger partial charge in [0, 0.05) is 12.0 Å². The molecule has 0 spiro atoms. The zero-order valence-corrected chi connectivity index (χ0v) is 14.4. The van der Waals surface area contributed by atoms with Gasteiger partial charge in [0.25, 0.3) is 0 Å². The highest BCUT2D eigenvalue weighted by molar-refractivity contribution is 6.06. The molecule has 2 aromatic carbocycles. The number of hydrogen-bond acceptors (Lipinski definition) is 1. The topological polar surface area (TPSA) is 12.4 Å². The number of alkyl halides is 3. The van der Waals surface area contributed by atoms with Crippen molar-refractivity contribution in [1.82, 2.24) is 0 Å². The summed E-state index contributed by atoms with van der Waals surface area (Å²) in [6, 6.07) is 15.0. The number of benzene rings is 2. The number of para-hydroxylation sites is 1. The maximum atomic E-state index is 13.3. The molecule has 0 unspecified atom stereocenters. The molecule has 0 N–H and O–H groups in total. The van der Waals surface area contributed by atoms with Crippen molar-refractivity contribution in [2.75, 3.05) is 0 Å². The van der Waals surface area contributed by atoms with E-state index in [1.807, 2.05) is 0 Å². The van der Waals surface area contributed by atoms with E-state index in [1.165, 1.54) is 6.07 Å². The Hall–Kier alpha value is -2.98. The number of halogens is 3. The van der Waals surface area contributed by atoms with Crippen molar-refractivity contribution < 1.29 is 13.2 Å². The highest BCUT2D eigenvalue weighted by Gasteiger charge is 2.35. The summed E-state index contributed by atoms with van der Waals surface area (Å²) in [4.78, 5) is 3.76. The third-order valence-corrected chi connectivity index (χ3v) is 3.38. The molecule has 0 saturated heterocycles. The molecule has 0 aromatic heterocycles. The van der Waals surface area contributed by atoms with E-state index in [-0.39, 0.29) is 5.69 Å². The molecular weight excluding hydrogens is 335 g/mol. The predicted octanol–water partition coefficient (Wildman–Crippen LogP) is 5.91. The molecule has 0 amide bonds. The minimum atomic E-state index is -4.63. The van der Waals surface area contributed by atoms with E-state index in [0.717, 1.165) is 12.8 Å². The van der Waals surface area contributed by atoms with Crippen LogP contribution < -0.4 is 0 Å². The zero-order chi connectivity index (χ0) is 18.8. The summed E-state index contributed by atoms with van der Waals surface area (Å²) in [5.74, 6) is 10.6. The Kier molecular flexibility index (Phi) is 7.06. The normalized spacial score (nSPS) is 11.2. The molecule has 0 aliphatic heterocycles. The smallest absolute Gasteiger partial charge is 0.234 e. The molecule has 4 heteroatoms. The lowest BCUT2D eigenvalue weighted by Crippen LogP contribution is -2.21. The second-order valence-electron chi connectivity index (χ2n) is 5.50. The molecular formula is C22H18F3N. The molecule has 132 valence electrons. The molecule has 26 heavy (non-hydrogen) atoms. The first-order valence-corrected chi connectivity index (χ1v) is 8.31. The maximum Gasteiger partial charge on any atom is 0.441 e. The van der Waals surface area contributed by atoms with Crippen LogP contribution in [0.3, 0.4) is 0 Å². The van der Waals surface area contributed by atoms with Crippen LogP contribution in [0, 0.1) is 23.7 Å². The highest BCUT2D eigenvalue weighted by Crippen LogP contribution is 2.24. The maximum absolute atomic E-state index is 13.3. The van der Waals surface area contributed by atoms with Gasteiger partial charge >= 0.3 is 6.18 Å². The van der Waals surface area contributed by atoms with Crippen LogP contribution in [-0.4, -0.2) is 11.9 Å². The van der Waals surface area contributed by atoms with Gasteiger partial charge in [-0.05, 0) is 36.6 Å². The number of rotatable bonds is 3. The fourth-order valence-electron chi connectivity index (χ4n) is 2.04. The molecule has 0 saturated carbocycles. The van der Waals surface area contributed by atoms with E-state index < -0.39 is 11.9 Å². The van der Waals surface area contributed by atoms with Gasteiger partial charge in [-0.3, -0.25) is 0 Å². The summed E-state index contributed by atoms with van der Waals surface area (Å²) in [7, 11) is 0. The quantitative estimate of drug-likeness (QED) is 0.369. The van der Waals surface area contributed by atoms with Crippen LogP contribution in [0.1, 0.15) is 37.3 Å². The largest absolute Gasteiger partial charge is 0.441 e. The summed E-state index contributed by atoms with van der Waals surface area (Å²) < 4.78 is 40.0. The van der Waals surface area contributed by atoms with Crippen molar-refractivity contribution in [1.29, 1.82) is 0 Å². The van der Waals surface area contributed by atoms with Crippen LogP contribution in [0.5, 0.6) is 0 Å². The average molecular weight is 353 g/mol. The van der Waals surface area contributed by atoms with Crippen LogP contribution >= 0.6 is 0 Å². The third kappa shape index (κ3) is 6.15. The van der Waals surface area contributed by atoms with Crippen molar-refractivity contribution in [3.63, 3.8) is 0 Å². The van der Waals surface area contributed by atoms with Gasteiger partial charge in [-0.1, -0.05) is 61.4 Å². The standard InChI is InChI=1S/C22H18F3N/c1-2-3-4-8-13-19-14-9-10-15-20(19)26-21(22(23,24)25)17-16-18-11-6-5-7-12-18/h5-7,9-12,14-15H,2-4H2,1H3. The van der Waals surface area contributed by atoms with E-state index in [4.69, 9.17) is 0 Å². The second-order valence-corrected chi connectivity index (χ2v) is 5.50. The summed E-state index contributed by atoms with van der Waals surface area (Å²) in [6.45, 7) is 2.06. The minimum absolute atomic E-state index is 0.172. The van der Waals surface area contributed by atoms with Crippen molar-refractivity contribution in [3.8, 4) is 23.7 Å². The lowest BCUT2D eigenvalue weighted by molar-refractivity contribution is -0.0571. The zero-order valence-electron chi connectivity index (χ0n) is 14.4. The van der Waals surface area contributed by atoms with E-state index >= 15 is 0 Å². The summed E-state index contributed by atoms with van der Waals surface area (Å²) in [6.07, 6.45) is -1.96. The van der Waals surface area contributed by atoms with Gasteiger partial charge in [0.05, 0.1) is 11.3 Å². The molecule has 2 rings (SSSR count). The Balaban J connectivity index is 2.39. The third-order valence-electron chi connectivity index (χ3n) is 3.38. The second kappa shape index (κ2) is 9.49. The van der Waals surface area contributed by atoms with E-state index in [2.05, 4.69) is 35.6 Å². The van der Waals surface area contributed by atoms with Gasteiger partial charge in [-0.15, -0.1) is 0 Å². The average Bonchev–Trinajstić information content (AvgIpc) is 2.63. The van der Waals surface area contributed by atoms with Crippen molar-refractivity contribution in [3.05, 3.63) is 65.7 Å². The number of nitrogens with zero attached hydrogens (tertiary/aromatic N) is 1. The molecule has 0 aliphatic carbocycles. The van der Waals surface area contributed by atoms with Gasteiger partial charge in [0.2, 0.25) is 0 Å². The number of hydrogen-bond donors (Lipinski definition) is 0. The van der Waals surface area contributed by atoms with E-state index in [9.17, 15) is 13.2 Å². The number of aliphatic imine (C=N–C) groups is 1. The first-order valence-electron chi connectivity index (χ1n) is 8.31. The molecule has 2 aromatic rings. The van der Waals surface area contributed by atoms with Crippen LogP contribution in [0.2, 0.25) is 0 Å². The molecule has 0 fully saturated rings. The minimum Gasteiger partial charge on any atom is -0.234 e. The monoisotopic (exact) mass is 353 g/mol. The van der Waals surface area contributed by atoms with Gasteiger partial charge < -0.3 is 0 Å². The molecule has 0 radical (unpaired) electrons. The Morgan fingerprint density at radius 3 is 2.35 bits per heavy atom. The predicted molar refractivity (Wildman–Crippen MR) is 99.3 cm³/mol. The first kappa shape index (κ1) is 19.3. The lowest BCUT2D eigenvalue weighted by atomic mass is 10.1. The molecule has 0 bridgehead atoms. The SMILES string of the molecule is CCCCC#Cc1ccccc1N=C(C#Cc1ccccc1)C(F)(F)F. The molecule has 0 aliphatic rings. The van der Waals surface area contributed by atoms with Gasteiger partial charge in [0.1, 0.15) is 0 Å². The van der Waals surface area contributed by atoms with Gasteiger partial charge in [0.15, 0.2) is 5.71 Å². The van der Waals surface area contributed by atoms with Crippen molar-refractivity contribution in [2.24, 2.45) is 4.99 Å². The molecule has 0 heterocycles. The Morgan fingerprint density at radius 1 is 0.962 bits per heavy atom. The highest BCUT2D eigenvalue weighted by atomic mass is 19.4. The van der Waals surface area contributed by atoms with E-state index in [1.54, 1.807) is 48.5 Å². The lowest BCUT2D eigenvalue weighted by Gasteiger charge is -2.05.